The molecule has 2 N–H and O–H groups in total. The van der Waals surface area contributed by atoms with Gasteiger partial charge in [-0.1, -0.05) is 0 Å². The second-order valence-corrected chi connectivity index (χ2v) is 3.48. The van der Waals surface area contributed by atoms with Gasteiger partial charge in [-0.3, -0.25) is 9.48 Å². The van der Waals surface area contributed by atoms with Gasteiger partial charge in [-0.25, -0.2) is 4.98 Å². The van der Waals surface area contributed by atoms with Gasteiger partial charge in [-0.05, 0) is 12.1 Å². The average molecular weight is 231 g/mol. The number of hydrogen-bond acceptors (Lipinski definition) is 4. The Bertz CT molecular complexity index is 517. The fourth-order valence-electron chi connectivity index (χ4n) is 1.35. The highest BCUT2D eigenvalue weighted by atomic mass is 16.2. The maximum atomic E-state index is 11.8. The molecule has 2 aromatic rings. The van der Waals surface area contributed by atoms with Gasteiger partial charge >= 0.3 is 0 Å². The molecular weight excluding hydrogens is 218 g/mol. The molecule has 6 nitrogen and oxygen atoms in total. The minimum Gasteiger partial charge on any atom is -0.387 e. The molecule has 2 heterocycles. The second-order valence-electron chi connectivity index (χ2n) is 3.48. The molecule has 0 saturated carbocycles. The highest BCUT2D eigenvalue weighted by Crippen LogP contribution is 2.08. The van der Waals surface area contributed by atoms with Crippen LogP contribution in [0.15, 0.2) is 30.6 Å². The van der Waals surface area contributed by atoms with Gasteiger partial charge in [0.25, 0.3) is 5.91 Å². The minimum absolute atomic E-state index is 0.253. The predicted octanol–water partition coefficient (Wildman–Crippen LogP) is 1.11. The molecule has 0 aliphatic carbocycles. The molecule has 0 aliphatic rings. The summed E-state index contributed by atoms with van der Waals surface area (Å²) in [4.78, 5) is 15.9. The molecule has 0 atom stereocenters. The maximum absolute atomic E-state index is 11.8. The summed E-state index contributed by atoms with van der Waals surface area (Å²) >= 11 is 0. The first-order chi connectivity index (χ1) is 8.20. The summed E-state index contributed by atoms with van der Waals surface area (Å²) in [5.41, 5.74) is 1.23. The third-order valence-corrected chi connectivity index (χ3v) is 2.35. The molecule has 17 heavy (non-hydrogen) atoms. The normalized spacial score (nSPS) is 10.0. The number of carbonyl (C=O) groups is 1. The van der Waals surface area contributed by atoms with Crippen LogP contribution in [0.1, 0.15) is 10.5 Å². The summed E-state index contributed by atoms with van der Waals surface area (Å²) in [6.07, 6.45) is 3.23. The zero-order valence-corrected chi connectivity index (χ0v) is 9.64. The number of anilines is 2. The van der Waals surface area contributed by atoms with Gasteiger partial charge in [-0.15, -0.1) is 0 Å². The van der Waals surface area contributed by atoms with Gasteiger partial charge in [0.15, 0.2) is 0 Å². The van der Waals surface area contributed by atoms with E-state index in [1.54, 1.807) is 49.4 Å². The van der Waals surface area contributed by atoms with Crippen LogP contribution in [-0.4, -0.2) is 27.7 Å². The van der Waals surface area contributed by atoms with Crippen molar-refractivity contribution in [2.75, 3.05) is 17.7 Å². The van der Waals surface area contributed by atoms with E-state index < -0.39 is 0 Å². The fraction of sp³-hybridized carbons (Fsp3) is 0.182. The van der Waals surface area contributed by atoms with E-state index in [4.69, 9.17) is 0 Å². The monoisotopic (exact) mass is 231 g/mol. The summed E-state index contributed by atoms with van der Waals surface area (Å²) in [6, 6.07) is 5.18. The SMILES string of the molecule is CNc1ccc(C(=O)Nc2ccnn2C)nc1. The van der Waals surface area contributed by atoms with Crippen molar-refractivity contribution in [3.63, 3.8) is 0 Å². The van der Waals surface area contributed by atoms with Crippen LogP contribution in [0.4, 0.5) is 11.5 Å². The van der Waals surface area contributed by atoms with Gasteiger partial charge in [0.05, 0.1) is 18.1 Å². The van der Waals surface area contributed by atoms with Crippen molar-refractivity contribution >= 4 is 17.4 Å². The van der Waals surface area contributed by atoms with E-state index in [0.717, 1.165) is 5.69 Å². The van der Waals surface area contributed by atoms with E-state index in [2.05, 4.69) is 20.7 Å². The molecule has 0 bridgehead atoms. The summed E-state index contributed by atoms with van der Waals surface area (Å²) in [6.45, 7) is 0. The third-order valence-electron chi connectivity index (χ3n) is 2.35. The van der Waals surface area contributed by atoms with Gasteiger partial charge in [-0.2, -0.15) is 5.10 Å². The molecule has 6 heteroatoms. The molecule has 0 aromatic carbocycles. The zero-order chi connectivity index (χ0) is 12.3. The van der Waals surface area contributed by atoms with E-state index in [-0.39, 0.29) is 5.91 Å². The molecule has 1 amide bonds. The van der Waals surface area contributed by atoms with Gasteiger partial charge in [0.1, 0.15) is 11.5 Å². The molecule has 0 radical (unpaired) electrons. The van der Waals surface area contributed by atoms with Gasteiger partial charge < -0.3 is 10.6 Å². The quantitative estimate of drug-likeness (QED) is 0.830. The molecule has 0 unspecified atom stereocenters. The van der Waals surface area contributed by atoms with E-state index >= 15 is 0 Å². The van der Waals surface area contributed by atoms with Crippen LogP contribution >= 0.6 is 0 Å². The van der Waals surface area contributed by atoms with Crippen LogP contribution in [0.5, 0.6) is 0 Å². The molecule has 0 saturated heterocycles. The smallest absolute Gasteiger partial charge is 0.275 e. The number of carbonyl (C=O) groups excluding carboxylic acids is 1. The molecule has 0 spiro atoms. The minimum atomic E-state index is -0.253. The van der Waals surface area contributed by atoms with Crippen LogP contribution in [0.3, 0.4) is 0 Å². The first-order valence-electron chi connectivity index (χ1n) is 5.14. The summed E-state index contributed by atoms with van der Waals surface area (Å²) in [7, 11) is 3.56. The highest BCUT2D eigenvalue weighted by Gasteiger charge is 2.09. The molecule has 0 aliphatic heterocycles. The van der Waals surface area contributed by atoms with Crippen LogP contribution in [0.2, 0.25) is 0 Å². The van der Waals surface area contributed by atoms with Crippen molar-refractivity contribution in [2.24, 2.45) is 7.05 Å². The molecule has 2 aromatic heterocycles. The van der Waals surface area contributed by atoms with Crippen molar-refractivity contribution in [2.45, 2.75) is 0 Å². The lowest BCUT2D eigenvalue weighted by atomic mass is 10.3. The lowest BCUT2D eigenvalue weighted by molar-refractivity contribution is 0.102. The van der Waals surface area contributed by atoms with E-state index in [9.17, 15) is 4.79 Å². The fourth-order valence-corrected chi connectivity index (χ4v) is 1.35. The first-order valence-corrected chi connectivity index (χ1v) is 5.14. The Morgan fingerprint density at radius 3 is 2.71 bits per heavy atom. The molecule has 88 valence electrons. The number of nitrogens with zero attached hydrogens (tertiary/aromatic N) is 3. The van der Waals surface area contributed by atoms with Crippen molar-refractivity contribution < 1.29 is 4.79 Å². The number of hydrogen-bond donors (Lipinski definition) is 2. The Balaban J connectivity index is 2.12. The van der Waals surface area contributed by atoms with Crippen molar-refractivity contribution in [3.8, 4) is 0 Å². The number of nitrogens with one attached hydrogen (secondary N) is 2. The Morgan fingerprint density at radius 1 is 1.35 bits per heavy atom. The Labute approximate surface area is 98.7 Å². The van der Waals surface area contributed by atoms with Gasteiger partial charge in [0.2, 0.25) is 0 Å². The predicted molar refractivity (Wildman–Crippen MR) is 64.9 cm³/mol. The maximum Gasteiger partial charge on any atom is 0.275 e. The van der Waals surface area contributed by atoms with Crippen LogP contribution in [0, 0.1) is 0 Å². The van der Waals surface area contributed by atoms with E-state index in [1.807, 2.05) is 0 Å². The number of amides is 1. The van der Waals surface area contributed by atoms with E-state index in [0.29, 0.717) is 11.5 Å². The lowest BCUT2D eigenvalue weighted by Gasteiger charge is -2.05. The largest absolute Gasteiger partial charge is 0.387 e. The summed E-state index contributed by atoms with van der Waals surface area (Å²) < 4.78 is 1.58. The highest BCUT2D eigenvalue weighted by molar-refractivity contribution is 6.02. The van der Waals surface area contributed by atoms with Gasteiger partial charge in [0, 0.05) is 20.2 Å². The molecular formula is C11H13N5O. The topological polar surface area (TPSA) is 71.8 Å². The Hall–Kier alpha value is -2.37. The molecule has 0 fully saturated rings. The number of aromatic nitrogens is 3. The second kappa shape index (κ2) is 4.65. The summed E-state index contributed by atoms with van der Waals surface area (Å²) in [5.74, 6) is 0.380. The third kappa shape index (κ3) is 2.41. The zero-order valence-electron chi connectivity index (χ0n) is 9.64. The van der Waals surface area contributed by atoms with Crippen molar-refractivity contribution in [1.82, 2.24) is 14.8 Å². The lowest BCUT2D eigenvalue weighted by Crippen LogP contribution is -2.15. The van der Waals surface area contributed by atoms with E-state index in [1.165, 1.54) is 0 Å². The molecule has 2 rings (SSSR count). The standard InChI is InChI=1S/C11H13N5O/c1-12-8-3-4-9(13-7-8)11(17)15-10-5-6-14-16(10)2/h3-7,12H,1-2H3,(H,15,17). The first kappa shape index (κ1) is 11.1. The van der Waals surface area contributed by atoms with Crippen molar-refractivity contribution in [3.05, 3.63) is 36.3 Å². The van der Waals surface area contributed by atoms with Crippen LogP contribution in [0.25, 0.3) is 0 Å². The number of aryl methyl sites for hydroxylation is 1. The van der Waals surface area contributed by atoms with Crippen molar-refractivity contribution in [1.29, 1.82) is 0 Å². The Kier molecular flexibility index (Phi) is 3.04. The summed E-state index contributed by atoms with van der Waals surface area (Å²) in [5, 5.41) is 9.62. The average Bonchev–Trinajstić information content (AvgIpc) is 2.75. The Morgan fingerprint density at radius 2 is 2.18 bits per heavy atom. The van der Waals surface area contributed by atoms with Crippen LogP contribution < -0.4 is 10.6 Å². The number of rotatable bonds is 3. The van der Waals surface area contributed by atoms with Crippen LogP contribution in [-0.2, 0) is 7.05 Å². The number of pyridine rings is 1.